The zero-order valence-corrected chi connectivity index (χ0v) is 13.7. The fraction of sp³-hybridized carbons (Fsp3) is 0.0833. The van der Waals surface area contributed by atoms with Gasteiger partial charge in [-0.3, -0.25) is 0 Å². The molecule has 0 fully saturated rings. The van der Waals surface area contributed by atoms with E-state index in [0.29, 0.717) is 5.92 Å². The number of hydrogen-bond donors (Lipinski definition) is 0. The van der Waals surface area contributed by atoms with Crippen molar-refractivity contribution in [3.05, 3.63) is 101 Å². The molecule has 1 unspecified atom stereocenters. The van der Waals surface area contributed by atoms with Gasteiger partial charge >= 0.3 is 0 Å². The predicted octanol–water partition coefficient (Wildman–Crippen LogP) is 6.46. The molecular formula is C24H18. The van der Waals surface area contributed by atoms with E-state index in [1.165, 1.54) is 43.8 Å². The van der Waals surface area contributed by atoms with Gasteiger partial charge in [-0.15, -0.1) is 0 Å². The van der Waals surface area contributed by atoms with E-state index in [-0.39, 0.29) is 0 Å². The van der Waals surface area contributed by atoms with Crippen LogP contribution in [0.3, 0.4) is 0 Å². The van der Waals surface area contributed by atoms with Crippen LogP contribution in [0.2, 0.25) is 0 Å². The quantitative estimate of drug-likeness (QED) is 0.354. The third-order valence-electron chi connectivity index (χ3n) is 5.26. The van der Waals surface area contributed by atoms with Gasteiger partial charge in [-0.2, -0.15) is 0 Å². The largest absolute Gasteiger partial charge is 0.0720 e. The van der Waals surface area contributed by atoms with E-state index in [1.54, 1.807) is 0 Å². The van der Waals surface area contributed by atoms with E-state index >= 15 is 0 Å². The second-order valence-corrected chi connectivity index (χ2v) is 6.68. The molecule has 4 aromatic rings. The van der Waals surface area contributed by atoms with Gasteiger partial charge < -0.3 is 0 Å². The van der Waals surface area contributed by atoms with Crippen LogP contribution in [0.15, 0.2) is 78.9 Å². The molecule has 1 atom stereocenters. The van der Waals surface area contributed by atoms with Crippen LogP contribution in [-0.4, -0.2) is 0 Å². The molecule has 0 heteroatoms. The molecule has 0 saturated carbocycles. The lowest BCUT2D eigenvalue weighted by atomic mass is 9.85. The lowest BCUT2D eigenvalue weighted by Crippen LogP contribution is -2.00. The Morgan fingerprint density at radius 1 is 0.708 bits per heavy atom. The molecule has 0 spiro atoms. The Hall–Kier alpha value is -2.86. The second kappa shape index (κ2) is 5.07. The molecule has 5 rings (SSSR count). The summed E-state index contributed by atoms with van der Waals surface area (Å²) in [6.07, 6.45) is 4.61. The molecule has 4 aromatic carbocycles. The molecule has 0 aromatic heterocycles. The average Bonchev–Trinajstić information content (AvgIpc) is 3.04. The van der Waals surface area contributed by atoms with Crippen LogP contribution in [0, 0.1) is 6.92 Å². The zero-order chi connectivity index (χ0) is 16.1. The molecule has 24 heavy (non-hydrogen) atoms. The molecule has 0 bridgehead atoms. The number of benzene rings is 4. The van der Waals surface area contributed by atoms with Crippen LogP contribution in [0.4, 0.5) is 0 Å². The summed E-state index contributed by atoms with van der Waals surface area (Å²) in [5, 5.41) is 5.32. The fourth-order valence-corrected chi connectivity index (χ4v) is 4.06. The molecule has 0 N–H and O–H groups in total. The van der Waals surface area contributed by atoms with E-state index in [2.05, 4.69) is 91.9 Å². The molecule has 114 valence electrons. The van der Waals surface area contributed by atoms with Crippen LogP contribution in [-0.2, 0) is 0 Å². The number of fused-ring (bicyclic) bond motifs is 3. The first kappa shape index (κ1) is 13.6. The minimum atomic E-state index is 0.353. The summed E-state index contributed by atoms with van der Waals surface area (Å²) in [6.45, 7) is 2.23. The Balaban J connectivity index is 1.84. The molecule has 0 saturated heterocycles. The van der Waals surface area contributed by atoms with Crippen molar-refractivity contribution in [3.8, 4) is 0 Å². The summed E-state index contributed by atoms with van der Waals surface area (Å²) in [7, 11) is 0. The Morgan fingerprint density at radius 3 is 2.33 bits per heavy atom. The number of hydrogen-bond acceptors (Lipinski definition) is 0. The van der Waals surface area contributed by atoms with Crippen LogP contribution in [0.1, 0.15) is 28.2 Å². The smallest absolute Gasteiger partial charge is 0.0287 e. The van der Waals surface area contributed by atoms with Gasteiger partial charge in [0.2, 0.25) is 0 Å². The summed E-state index contributed by atoms with van der Waals surface area (Å²) in [5.74, 6) is 0.353. The summed E-state index contributed by atoms with van der Waals surface area (Å²) < 4.78 is 0. The highest BCUT2D eigenvalue weighted by molar-refractivity contribution is 6.00. The van der Waals surface area contributed by atoms with Crippen molar-refractivity contribution in [3.63, 3.8) is 0 Å². The average molecular weight is 306 g/mol. The minimum Gasteiger partial charge on any atom is -0.0720 e. The van der Waals surface area contributed by atoms with Gasteiger partial charge in [0, 0.05) is 5.92 Å². The molecule has 0 aliphatic heterocycles. The molecule has 0 nitrogen and oxygen atoms in total. The Bertz CT molecular complexity index is 1120. The van der Waals surface area contributed by atoms with E-state index in [9.17, 15) is 0 Å². The highest BCUT2D eigenvalue weighted by atomic mass is 14.3. The highest BCUT2D eigenvalue weighted by Gasteiger charge is 2.22. The lowest BCUT2D eigenvalue weighted by Gasteiger charge is -2.18. The van der Waals surface area contributed by atoms with Gasteiger partial charge in [-0.1, -0.05) is 72.8 Å². The van der Waals surface area contributed by atoms with E-state index in [0.717, 1.165) is 0 Å². The van der Waals surface area contributed by atoms with Crippen LogP contribution < -0.4 is 0 Å². The Morgan fingerprint density at radius 2 is 1.46 bits per heavy atom. The minimum absolute atomic E-state index is 0.353. The predicted molar refractivity (Wildman–Crippen MR) is 104 cm³/mol. The molecule has 1 aliphatic carbocycles. The fourth-order valence-electron chi connectivity index (χ4n) is 4.06. The van der Waals surface area contributed by atoms with Gasteiger partial charge in [0.15, 0.2) is 0 Å². The maximum atomic E-state index is 2.36. The van der Waals surface area contributed by atoms with Gasteiger partial charge in [0.25, 0.3) is 0 Å². The van der Waals surface area contributed by atoms with Crippen LogP contribution in [0.5, 0.6) is 0 Å². The van der Waals surface area contributed by atoms with Gasteiger partial charge in [0.1, 0.15) is 0 Å². The lowest BCUT2D eigenvalue weighted by molar-refractivity contribution is 1.05. The number of aryl methyl sites for hydroxylation is 1. The third kappa shape index (κ3) is 1.93. The Kier molecular flexibility index (Phi) is 2.87. The van der Waals surface area contributed by atoms with Gasteiger partial charge in [-0.25, -0.2) is 0 Å². The Labute approximate surface area is 142 Å². The van der Waals surface area contributed by atoms with Crippen molar-refractivity contribution in [2.75, 3.05) is 0 Å². The summed E-state index contributed by atoms with van der Waals surface area (Å²) >= 11 is 0. The molecule has 0 radical (unpaired) electrons. The van der Waals surface area contributed by atoms with E-state index < -0.39 is 0 Å². The molecule has 0 heterocycles. The maximum absolute atomic E-state index is 2.36. The topological polar surface area (TPSA) is 0 Å². The van der Waals surface area contributed by atoms with Crippen molar-refractivity contribution >= 4 is 27.6 Å². The normalized spacial score (nSPS) is 16.0. The molecule has 0 amide bonds. The van der Waals surface area contributed by atoms with Crippen molar-refractivity contribution in [1.82, 2.24) is 0 Å². The first-order chi connectivity index (χ1) is 11.8. The van der Waals surface area contributed by atoms with Gasteiger partial charge in [0.05, 0.1) is 0 Å². The van der Waals surface area contributed by atoms with Crippen LogP contribution >= 0.6 is 0 Å². The number of rotatable bonds is 1. The molecule has 1 aliphatic rings. The van der Waals surface area contributed by atoms with Crippen molar-refractivity contribution in [1.29, 1.82) is 0 Å². The summed E-state index contributed by atoms with van der Waals surface area (Å²) in [4.78, 5) is 0. The number of allylic oxidation sites excluding steroid dienone is 1. The summed E-state index contributed by atoms with van der Waals surface area (Å²) in [6, 6.07) is 26.6. The van der Waals surface area contributed by atoms with Crippen molar-refractivity contribution in [2.45, 2.75) is 12.8 Å². The SMILES string of the molecule is Cc1ccc2cc3ccccc3cc2c1C1C=Cc2ccccc21. The maximum Gasteiger partial charge on any atom is 0.0287 e. The van der Waals surface area contributed by atoms with E-state index in [4.69, 9.17) is 0 Å². The van der Waals surface area contributed by atoms with E-state index in [1.807, 2.05) is 0 Å². The standard InChI is InChI=1S/C24H18/c1-16-10-11-20-14-18-7-2-3-8-19(18)15-23(20)24(16)22-13-12-17-6-4-5-9-21(17)22/h2-15,22H,1H3. The zero-order valence-electron chi connectivity index (χ0n) is 13.7. The van der Waals surface area contributed by atoms with Gasteiger partial charge in [-0.05, 0) is 62.9 Å². The first-order valence-electron chi connectivity index (χ1n) is 8.50. The monoisotopic (exact) mass is 306 g/mol. The third-order valence-corrected chi connectivity index (χ3v) is 5.26. The molecular weight excluding hydrogens is 288 g/mol. The van der Waals surface area contributed by atoms with Crippen molar-refractivity contribution < 1.29 is 0 Å². The van der Waals surface area contributed by atoms with Crippen molar-refractivity contribution in [2.24, 2.45) is 0 Å². The summed E-state index contributed by atoms with van der Waals surface area (Å²) in [5.41, 5.74) is 5.57. The highest BCUT2D eigenvalue weighted by Crippen LogP contribution is 2.40. The van der Waals surface area contributed by atoms with Crippen LogP contribution in [0.25, 0.3) is 27.6 Å². The second-order valence-electron chi connectivity index (χ2n) is 6.68. The first-order valence-corrected chi connectivity index (χ1v) is 8.50.